The molecule has 1 aliphatic heterocycles. The molecule has 0 bridgehead atoms. The Balaban J connectivity index is 1.66. The zero-order chi connectivity index (χ0) is 24.7. The number of likely N-dealkylation sites (tertiary alicyclic amines) is 1. The van der Waals surface area contributed by atoms with Crippen LogP contribution in [-0.2, 0) is 9.59 Å². The first-order valence-corrected chi connectivity index (χ1v) is 12.1. The van der Waals surface area contributed by atoms with Crippen LogP contribution in [0, 0.1) is 11.8 Å². The smallest absolute Gasteiger partial charge is 0.240 e. The number of hydrogen-bond donors (Lipinski definition) is 1. The number of hydrogen-bond acceptors (Lipinski definition) is 5. The standard InChI is InChI=1S/C27H37N3O4/c1-5-6-7-10-18(2)13-19(3)14-25(31)30-17-20(15-23(30)26(28)32)34-27-22-12-9-8-11-21(22)24(33-4)16-29-27/h5-6,8-9,11-12,16,18-20,23H,7,10,13-15,17H2,1-4H3,(H2,28,32)/b6-5-/t18-,19+,20+,23-/m0/s1. The molecule has 0 aliphatic carbocycles. The second-order valence-corrected chi connectivity index (χ2v) is 9.41. The summed E-state index contributed by atoms with van der Waals surface area (Å²) in [5, 5.41) is 1.72. The van der Waals surface area contributed by atoms with Gasteiger partial charge in [0.1, 0.15) is 17.9 Å². The molecule has 7 nitrogen and oxygen atoms in total. The van der Waals surface area contributed by atoms with Gasteiger partial charge in [0.15, 0.2) is 0 Å². The minimum Gasteiger partial charge on any atom is -0.494 e. The summed E-state index contributed by atoms with van der Waals surface area (Å²) in [5.74, 6) is 1.34. The molecule has 2 heterocycles. The molecule has 0 radical (unpaired) electrons. The Labute approximate surface area is 202 Å². The third-order valence-corrected chi connectivity index (χ3v) is 6.52. The van der Waals surface area contributed by atoms with Crippen molar-refractivity contribution in [3.63, 3.8) is 0 Å². The summed E-state index contributed by atoms with van der Waals surface area (Å²) in [4.78, 5) is 31.3. The van der Waals surface area contributed by atoms with Gasteiger partial charge in [-0.3, -0.25) is 9.59 Å². The molecule has 0 spiro atoms. The number of pyridine rings is 1. The average Bonchev–Trinajstić information content (AvgIpc) is 3.24. The highest BCUT2D eigenvalue weighted by Crippen LogP contribution is 2.33. The molecule has 184 valence electrons. The topological polar surface area (TPSA) is 94.8 Å². The molecule has 3 rings (SSSR count). The quantitative estimate of drug-likeness (QED) is 0.492. The summed E-state index contributed by atoms with van der Waals surface area (Å²) < 4.78 is 11.6. The zero-order valence-corrected chi connectivity index (χ0v) is 20.7. The molecule has 1 aromatic heterocycles. The number of fused-ring (bicyclic) bond motifs is 1. The zero-order valence-electron chi connectivity index (χ0n) is 20.7. The predicted octanol–water partition coefficient (Wildman–Crippen LogP) is 4.49. The number of allylic oxidation sites excluding steroid dienone is 2. The van der Waals surface area contributed by atoms with Crippen LogP contribution >= 0.6 is 0 Å². The fourth-order valence-electron chi connectivity index (χ4n) is 4.83. The van der Waals surface area contributed by atoms with Gasteiger partial charge in [-0.05, 0) is 44.1 Å². The average molecular weight is 468 g/mol. The fraction of sp³-hybridized carbons (Fsp3) is 0.519. The maximum atomic E-state index is 13.1. The van der Waals surface area contributed by atoms with E-state index in [4.69, 9.17) is 15.2 Å². The lowest BCUT2D eigenvalue weighted by Crippen LogP contribution is -2.44. The minimum atomic E-state index is -0.665. The molecule has 7 heteroatoms. The molecule has 2 amide bonds. The van der Waals surface area contributed by atoms with Crippen LogP contribution in [-0.4, -0.2) is 47.5 Å². The molecule has 2 N–H and O–H groups in total. The number of benzene rings is 1. The van der Waals surface area contributed by atoms with Gasteiger partial charge in [0.05, 0.1) is 19.9 Å². The predicted molar refractivity (Wildman–Crippen MR) is 134 cm³/mol. The number of nitrogens with zero attached hydrogens (tertiary/aromatic N) is 2. The van der Waals surface area contributed by atoms with Crippen LogP contribution in [0.4, 0.5) is 0 Å². The summed E-state index contributed by atoms with van der Waals surface area (Å²) in [6.45, 7) is 6.67. The third-order valence-electron chi connectivity index (χ3n) is 6.52. The Morgan fingerprint density at radius 3 is 2.65 bits per heavy atom. The molecule has 1 saturated heterocycles. The van der Waals surface area contributed by atoms with E-state index in [1.165, 1.54) is 0 Å². The first-order valence-electron chi connectivity index (χ1n) is 12.1. The molecular formula is C27H37N3O4. The van der Waals surface area contributed by atoms with E-state index in [1.54, 1.807) is 18.2 Å². The van der Waals surface area contributed by atoms with Gasteiger partial charge in [0.25, 0.3) is 0 Å². The molecular weight excluding hydrogens is 430 g/mol. The van der Waals surface area contributed by atoms with Gasteiger partial charge in [-0.25, -0.2) is 4.98 Å². The summed E-state index contributed by atoms with van der Waals surface area (Å²) in [6.07, 6.45) is 9.40. The fourth-order valence-corrected chi connectivity index (χ4v) is 4.83. The molecule has 4 atom stereocenters. The van der Waals surface area contributed by atoms with Gasteiger partial charge in [-0.2, -0.15) is 0 Å². The molecule has 0 unspecified atom stereocenters. The molecule has 2 aromatic rings. The van der Waals surface area contributed by atoms with Crippen molar-refractivity contribution in [1.82, 2.24) is 9.88 Å². The Kier molecular flexibility index (Phi) is 8.91. The number of primary amides is 1. The van der Waals surface area contributed by atoms with Crippen molar-refractivity contribution < 1.29 is 19.1 Å². The van der Waals surface area contributed by atoms with E-state index in [9.17, 15) is 9.59 Å². The number of methoxy groups -OCH3 is 1. The molecule has 1 aromatic carbocycles. The van der Waals surface area contributed by atoms with Gasteiger partial charge in [0.2, 0.25) is 17.7 Å². The summed E-state index contributed by atoms with van der Waals surface area (Å²) >= 11 is 0. The number of amides is 2. The lowest BCUT2D eigenvalue weighted by molar-refractivity contribution is -0.138. The second-order valence-electron chi connectivity index (χ2n) is 9.41. The van der Waals surface area contributed by atoms with Gasteiger partial charge in [0, 0.05) is 23.6 Å². The van der Waals surface area contributed by atoms with Crippen LogP contribution in [0.15, 0.2) is 42.6 Å². The summed E-state index contributed by atoms with van der Waals surface area (Å²) in [6, 6.07) is 7.04. The highest BCUT2D eigenvalue weighted by Gasteiger charge is 2.40. The first-order chi connectivity index (χ1) is 16.3. The number of rotatable bonds is 11. The van der Waals surface area contributed by atoms with Crippen LogP contribution in [0.3, 0.4) is 0 Å². The summed E-state index contributed by atoms with van der Waals surface area (Å²) in [7, 11) is 1.60. The summed E-state index contributed by atoms with van der Waals surface area (Å²) in [5.41, 5.74) is 5.66. The number of ether oxygens (including phenoxy) is 2. The Hall–Kier alpha value is -3.09. The van der Waals surface area contributed by atoms with Gasteiger partial charge < -0.3 is 20.1 Å². The SMILES string of the molecule is C/C=C\CC[C@H](C)C[C@@H](C)CC(=O)N1C[C@H](Oc2ncc(OC)c3ccccc23)C[C@H]1C(N)=O. The van der Waals surface area contributed by atoms with Gasteiger partial charge in [-0.1, -0.05) is 44.2 Å². The van der Waals surface area contributed by atoms with E-state index < -0.39 is 11.9 Å². The van der Waals surface area contributed by atoms with E-state index in [2.05, 4.69) is 31.0 Å². The molecule has 1 fully saturated rings. The lowest BCUT2D eigenvalue weighted by Gasteiger charge is -2.24. The number of carbonyl (C=O) groups is 2. The number of nitrogens with two attached hydrogens (primary N) is 1. The maximum absolute atomic E-state index is 13.1. The van der Waals surface area contributed by atoms with Crippen molar-refractivity contribution in [2.75, 3.05) is 13.7 Å². The van der Waals surface area contributed by atoms with Gasteiger partial charge >= 0.3 is 0 Å². The maximum Gasteiger partial charge on any atom is 0.240 e. The van der Waals surface area contributed by atoms with Crippen molar-refractivity contribution in [2.45, 2.75) is 65.0 Å². The van der Waals surface area contributed by atoms with Gasteiger partial charge in [-0.15, -0.1) is 0 Å². The molecule has 1 aliphatic rings. The molecule has 0 saturated carbocycles. The molecule has 34 heavy (non-hydrogen) atoms. The largest absolute Gasteiger partial charge is 0.494 e. The monoisotopic (exact) mass is 467 g/mol. The highest BCUT2D eigenvalue weighted by molar-refractivity contribution is 5.91. The Morgan fingerprint density at radius 2 is 1.97 bits per heavy atom. The Bertz CT molecular complexity index is 1020. The van der Waals surface area contributed by atoms with Crippen molar-refractivity contribution in [3.05, 3.63) is 42.6 Å². The highest BCUT2D eigenvalue weighted by atomic mass is 16.5. The van der Waals surface area contributed by atoms with E-state index in [0.29, 0.717) is 36.9 Å². The van der Waals surface area contributed by atoms with Crippen LogP contribution in [0.25, 0.3) is 10.8 Å². The van der Waals surface area contributed by atoms with E-state index in [1.807, 2.05) is 31.2 Å². The second kappa shape index (κ2) is 11.9. The van der Waals surface area contributed by atoms with E-state index in [-0.39, 0.29) is 17.9 Å². The van der Waals surface area contributed by atoms with Crippen molar-refractivity contribution in [1.29, 1.82) is 0 Å². The van der Waals surface area contributed by atoms with E-state index >= 15 is 0 Å². The van der Waals surface area contributed by atoms with E-state index in [0.717, 1.165) is 30.0 Å². The first kappa shape index (κ1) is 25.5. The lowest BCUT2D eigenvalue weighted by atomic mass is 9.91. The van der Waals surface area contributed by atoms with Crippen LogP contribution in [0.1, 0.15) is 52.9 Å². The Morgan fingerprint density at radius 1 is 1.24 bits per heavy atom. The number of aromatic nitrogens is 1. The van der Waals surface area contributed by atoms with Crippen LogP contribution < -0.4 is 15.2 Å². The van der Waals surface area contributed by atoms with Crippen molar-refractivity contribution in [2.24, 2.45) is 17.6 Å². The van der Waals surface area contributed by atoms with Crippen LogP contribution in [0.5, 0.6) is 11.6 Å². The number of carbonyl (C=O) groups excluding carboxylic acids is 2. The van der Waals surface area contributed by atoms with Crippen molar-refractivity contribution >= 4 is 22.6 Å². The third kappa shape index (κ3) is 6.27. The normalized spacial score (nSPS) is 19.9. The van der Waals surface area contributed by atoms with Crippen LogP contribution in [0.2, 0.25) is 0 Å². The minimum absolute atomic E-state index is 0.0457. The van der Waals surface area contributed by atoms with Crippen molar-refractivity contribution in [3.8, 4) is 11.6 Å².